The zero-order chi connectivity index (χ0) is 23.1. The van der Waals surface area contributed by atoms with Crippen LogP contribution in [0, 0.1) is 7.14 Å². The van der Waals surface area contributed by atoms with E-state index < -0.39 is 11.9 Å². The first-order valence-corrected chi connectivity index (χ1v) is 10.9. The van der Waals surface area contributed by atoms with Crippen molar-refractivity contribution < 1.29 is 30.0 Å². The summed E-state index contributed by atoms with van der Waals surface area (Å²) in [5, 5.41) is 40.9. The number of nitrogens with one attached hydrogen (secondary N) is 2. The SMILES string of the molecule is CC(=O)O.CC(=O)O.Oc1ccc(I)cc1CNCCNCc1cc(I)ccc1O. The molecular formula is C20H26I2N2O6. The number of aromatic hydroxyl groups is 2. The monoisotopic (exact) mass is 644 g/mol. The number of halogens is 2. The molecule has 166 valence electrons. The van der Waals surface area contributed by atoms with Crippen LogP contribution >= 0.6 is 45.2 Å². The molecule has 0 unspecified atom stereocenters. The van der Waals surface area contributed by atoms with Gasteiger partial charge in [0.15, 0.2) is 0 Å². The minimum Gasteiger partial charge on any atom is -0.508 e. The van der Waals surface area contributed by atoms with E-state index in [1.807, 2.05) is 24.3 Å². The van der Waals surface area contributed by atoms with Crippen LogP contribution in [0.3, 0.4) is 0 Å². The van der Waals surface area contributed by atoms with Crippen molar-refractivity contribution in [3.63, 3.8) is 0 Å². The Hall–Kier alpha value is -1.64. The number of carboxylic acid groups (broad SMARTS) is 2. The highest BCUT2D eigenvalue weighted by atomic mass is 127. The summed E-state index contributed by atoms with van der Waals surface area (Å²) in [4.78, 5) is 18.0. The van der Waals surface area contributed by atoms with Gasteiger partial charge in [0.25, 0.3) is 11.9 Å². The lowest BCUT2D eigenvalue weighted by Crippen LogP contribution is -2.26. The van der Waals surface area contributed by atoms with Crippen LogP contribution in [0.15, 0.2) is 36.4 Å². The van der Waals surface area contributed by atoms with Crippen LogP contribution in [0.25, 0.3) is 0 Å². The molecule has 0 aliphatic carbocycles. The highest BCUT2D eigenvalue weighted by Crippen LogP contribution is 2.20. The van der Waals surface area contributed by atoms with Crippen LogP contribution in [0.2, 0.25) is 0 Å². The first kappa shape index (κ1) is 28.4. The molecule has 0 saturated carbocycles. The largest absolute Gasteiger partial charge is 0.508 e. The van der Waals surface area contributed by atoms with Gasteiger partial charge in [0.05, 0.1) is 0 Å². The first-order chi connectivity index (χ1) is 14.0. The number of phenols is 2. The Balaban J connectivity index is 0.000000901. The normalized spacial score (nSPS) is 9.60. The van der Waals surface area contributed by atoms with Gasteiger partial charge in [-0.3, -0.25) is 9.59 Å². The third-order valence-electron chi connectivity index (χ3n) is 3.19. The van der Waals surface area contributed by atoms with E-state index in [0.29, 0.717) is 24.6 Å². The maximum Gasteiger partial charge on any atom is 0.300 e. The molecular weight excluding hydrogens is 618 g/mol. The van der Waals surface area contributed by atoms with E-state index in [1.165, 1.54) is 0 Å². The maximum atomic E-state index is 9.76. The molecule has 0 amide bonds. The summed E-state index contributed by atoms with van der Waals surface area (Å²) in [5.41, 5.74) is 1.81. The fraction of sp³-hybridized carbons (Fsp3) is 0.300. The summed E-state index contributed by atoms with van der Waals surface area (Å²) in [7, 11) is 0. The van der Waals surface area contributed by atoms with E-state index >= 15 is 0 Å². The van der Waals surface area contributed by atoms with Crippen LogP contribution in [0.1, 0.15) is 25.0 Å². The first-order valence-electron chi connectivity index (χ1n) is 8.78. The number of phenolic OH excluding ortho intramolecular Hbond substituents is 2. The van der Waals surface area contributed by atoms with Crippen LogP contribution < -0.4 is 10.6 Å². The van der Waals surface area contributed by atoms with Gasteiger partial charge in [-0.05, 0) is 81.6 Å². The standard InChI is InChI=1S/C16H18I2N2O2.2C2H4O2/c17-13-1-3-15(21)11(7-13)9-19-5-6-20-10-12-8-14(18)2-4-16(12)22;2*1-2(3)4/h1-4,7-8,19-22H,5-6,9-10H2;2*1H3,(H,3,4). The van der Waals surface area contributed by atoms with Gasteiger partial charge in [-0.15, -0.1) is 0 Å². The third-order valence-corrected chi connectivity index (χ3v) is 4.53. The van der Waals surface area contributed by atoms with Crippen molar-refractivity contribution in [2.75, 3.05) is 13.1 Å². The van der Waals surface area contributed by atoms with Gasteiger partial charge in [-0.1, -0.05) is 0 Å². The second-order valence-electron chi connectivity index (χ2n) is 5.94. The molecule has 6 N–H and O–H groups in total. The maximum absolute atomic E-state index is 9.76. The third kappa shape index (κ3) is 15.2. The average molecular weight is 644 g/mol. The summed E-state index contributed by atoms with van der Waals surface area (Å²) in [6.45, 7) is 5.02. The molecule has 0 saturated heterocycles. The fourth-order valence-corrected chi connectivity index (χ4v) is 3.13. The fourth-order valence-electron chi connectivity index (χ4n) is 2.01. The predicted octanol–water partition coefficient (Wildman–Crippen LogP) is 3.37. The van der Waals surface area contributed by atoms with Crippen molar-refractivity contribution in [2.45, 2.75) is 26.9 Å². The quantitative estimate of drug-likeness (QED) is 0.200. The highest BCUT2D eigenvalue weighted by Gasteiger charge is 2.02. The molecule has 0 fully saturated rings. The van der Waals surface area contributed by atoms with Gasteiger partial charge in [0.2, 0.25) is 0 Å². The Bertz CT molecular complexity index is 742. The van der Waals surface area contributed by atoms with E-state index in [0.717, 1.165) is 45.2 Å². The minimum absolute atomic E-state index is 0.324. The van der Waals surface area contributed by atoms with Gasteiger partial charge in [-0.25, -0.2) is 0 Å². The van der Waals surface area contributed by atoms with Crippen molar-refractivity contribution >= 4 is 57.1 Å². The molecule has 2 rings (SSSR count). The second kappa shape index (κ2) is 16.1. The number of rotatable bonds is 7. The molecule has 0 bridgehead atoms. The summed E-state index contributed by atoms with van der Waals surface area (Å²) >= 11 is 4.47. The Kier molecular flexibility index (Phi) is 15.2. The topological polar surface area (TPSA) is 139 Å². The van der Waals surface area contributed by atoms with Gasteiger partial charge in [-0.2, -0.15) is 0 Å². The molecule has 0 aromatic heterocycles. The van der Waals surface area contributed by atoms with Gasteiger partial charge in [0, 0.05) is 58.3 Å². The van der Waals surface area contributed by atoms with E-state index in [2.05, 4.69) is 55.8 Å². The van der Waals surface area contributed by atoms with Crippen molar-refractivity contribution in [2.24, 2.45) is 0 Å². The second-order valence-corrected chi connectivity index (χ2v) is 8.43. The summed E-state index contributed by atoms with van der Waals surface area (Å²) in [6, 6.07) is 11.2. The lowest BCUT2D eigenvalue weighted by molar-refractivity contribution is -0.135. The average Bonchev–Trinajstić information content (AvgIpc) is 2.62. The Morgan fingerprint density at radius 2 is 1.07 bits per heavy atom. The van der Waals surface area contributed by atoms with E-state index in [4.69, 9.17) is 19.8 Å². The Labute approximate surface area is 203 Å². The molecule has 10 heteroatoms. The van der Waals surface area contributed by atoms with Crippen LogP contribution in [0.5, 0.6) is 11.5 Å². The summed E-state index contributed by atoms with van der Waals surface area (Å²) in [5.74, 6) is -1.02. The van der Waals surface area contributed by atoms with Gasteiger partial charge < -0.3 is 31.1 Å². The summed E-state index contributed by atoms with van der Waals surface area (Å²) in [6.07, 6.45) is 0. The lowest BCUT2D eigenvalue weighted by atomic mass is 10.2. The van der Waals surface area contributed by atoms with Crippen LogP contribution in [-0.4, -0.2) is 45.5 Å². The molecule has 0 atom stereocenters. The molecule has 0 heterocycles. The lowest BCUT2D eigenvalue weighted by Gasteiger charge is -2.09. The molecule has 8 nitrogen and oxygen atoms in total. The zero-order valence-electron chi connectivity index (χ0n) is 16.7. The van der Waals surface area contributed by atoms with E-state index in [1.54, 1.807) is 12.1 Å². The predicted molar refractivity (Wildman–Crippen MR) is 132 cm³/mol. The molecule has 0 aliphatic heterocycles. The number of carbonyl (C=O) groups is 2. The zero-order valence-corrected chi connectivity index (χ0v) is 21.0. The number of carboxylic acids is 2. The number of hydrogen-bond acceptors (Lipinski definition) is 6. The van der Waals surface area contributed by atoms with E-state index in [9.17, 15) is 10.2 Å². The molecule has 2 aromatic rings. The van der Waals surface area contributed by atoms with Gasteiger partial charge in [0.1, 0.15) is 11.5 Å². The molecule has 0 spiro atoms. The Morgan fingerprint density at radius 3 is 1.37 bits per heavy atom. The van der Waals surface area contributed by atoms with Crippen molar-refractivity contribution in [3.05, 3.63) is 54.7 Å². The number of benzene rings is 2. The van der Waals surface area contributed by atoms with E-state index in [-0.39, 0.29) is 0 Å². The molecule has 0 radical (unpaired) electrons. The van der Waals surface area contributed by atoms with Crippen molar-refractivity contribution in [1.82, 2.24) is 10.6 Å². The minimum atomic E-state index is -0.833. The molecule has 0 aliphatic rings. The summed E-state index contributed by atoms with van der Waals surface area (Å²) < 4.78 is 2.22. The number of aliphatic carboxylic acids is 2. The van der Waals surface area contributed by atoms with Gasteiger partial charge >= 0.3 is 0 Å². The van der Waals surface area contributed by atoms with Crippen LogP contribution in [-0.2, 0) is 22.7 Å². The van der Waals surface area contributed by atoms with Crippen LogP contribution in [0.4, 0.5) is 0 Å². The smallest absolute Gasteiger partial charge is 0.300 e. The highest BCUT2D eigenvalue weighted by molar-refractivity contribution is 14.1. The molecule has 2 aromatic carbocycles. The Morgan fingerprint density at radius 1 is 0.767 bits per heavy atom. The van der Waals surface area contributed by atoms with Crippen molar-refractivity contribution in [3.8, 4) is 11.5 Å². The molecule has 30 heavy (non-hydrogen) atoms. The number of hydrogen-bond donors (Lipinski definition) is 6. The van der Waals surface area contributed by atoms with Crippen molar-refractivity contribution in [1.29, 1.82) is 0 Å².